The molecule has 6 heteroatoms. The van der Waals surface area contributed by atoms with E-state index < -0.39 is 0 Å². The number of aromatic nitrogens is 1. The Balaban J connectivity index is 1.88. The van der Waals surface area contributed by atoms with Crippen LogP contribution in [0.3, 0.4) is 0 Å². The lowest BCUT2D eigenvalue weighted by Crippen LogP contribution is -2.15. The van der Waals surface area contributed by atoms with Crippen molar-refractivity contribution in [1.29, 1.82) is 0 Å². The predicted molar refractivity (Wildman–Crippen MR) is 121 cm³/mol. The molecule has 144 valence electrons. The number of carbonyl (C=O) groups is 1. The highest BCUT2D eigenvalue weighted by Crippen LogP contribution is 2.32. The summed E-state index contributed by atoms with van der Waals surface area (Å²) in [6.45, 7) is 1.89. The summed E-state index contributed by atoms with van der Waals surface area (Å²) in [6, 6.07) is 19.9. The predicted octanol–water partition coefficient (Wildman–Crippen LogP) is 7.42. The van der Waals surface area contributed by atoms with E-state index in [2.05, 4.69) is 5.32 Å². The molecule has 1 amide bonds. The standard InChI is InChI=1S/C23H15Cl3N2O/c1-13-21(23(29)28-20-12-16(25)10-11-18(20)26)17-4-2-3-5-19(17)27-22(13)14-6-8-15(24)9-7-14/h2-12H,1H3,(H,28,29). The number of benzene rings is 3. The van der Waals surface area contributed by atoms with Gasteiger partial charge < -0.3 is 5.32 Å². The van der Waals surface area contributed by atoms with Crippen LogP contribution in [0.2, 0.25) is 15.1 Å². The highest BCUT2D eigenvalue weighted by atomic mass is 35.5. The Bertz CT molecular complexity index is 1240. The third-order valence-electron chi connectivity index (χ3n) is 4.66. The zero-order valence-corrected chi connectivity index (χ0v) is 17.6. The fraction of sp³-hybridized carbons (Fsp3) is 0.0435. The maximum atomic E-state index is 13.3. The zero-order chi connectivity index (χ0) is 20.5. The minimum Gasteiger partial charge on any atom is -0.321 e. The van der Waals surface area contributed by atoms with Gasteiger partial charge >= 0.3 is 0 Å². The van der Waals surface area contributed by atoms with E-state index >= 15 is 0 Å². The first-order valence-electron chi connectivity index (χ1n) is 8.86. The van der Waals surface area contributed by atoms with Gasteiger partial charge in [-0.05, 0) is 48.9 Å². The molecule has 0 radical (unpaired) electrons. The molecule has 3 aromatic carbocycles. The first-order chi connectivity index (χ1) is 13.9. The van der Waals surface area contributed by atoms with E-state index in [-0.39, 0.29) is 5.91 Å². The second-order valence-corrected chi connectivity index (χ2v) is 7.84. The number of anilines is 1. The summed E-state index contributed by atoms with van der Waals surface area (Å²) in [5.41, 5.74) is 4.09. The van der Waals surface area contributed by atoms with E-state index in [1.807, 2.05) is 43.3 Å². The molecule has 0 bridgehead atoms. The molecule has 0 saturated carbocycles. The Kier molecular flexibility index (Phi) is 5.46. The number of fused-ring (bicyclic) bond motifs is 1. The zero-order valence-electron chi connectivity index (χ0n) is 15.3. The van der Waals surface area contributed by atoms with E-state index in [0.29, 0.717) is 26.3 Å². The van der Waals surface area contributed by atoms with Crippen molar-refractivity contribution < 1.29 is 4.79 Å². The van der Waals surface area contributed by atoms with Gasteiger partial charge in [0.25, 0.3) is 5.91 Å². The lowest BCUT2D eigenvalue weighted by molar-refractivity contribution is 0.102. The maximum Gasteiger partial charge on any atom is 0.256 e. The van der Waals surface area contributed by atoms with Crippen LogP contribution in [-0.2, 0) is 0 Å². The lowest BCUT2D eigenvalue weighted by Gasteiger charge is -2.15. The molecule has 0 aliphatic carbocycles. The molecule has 1 aromatic heterocycles. The summed E-state index contributed by atoms with van der Waals surface area (Å²) >= 11 is 18.3. The van der Waals surface area contributed by atoms with Gasteiger partial charge in [-0.2, -0.15) is 0 Å². The van der Waals surface area contributed by atoms with Crippen LogP contribution >= 0.6 is 34.8 Å². The van der Waals surface area contributed by atoms with Crippen LogP contribution in [0.5, 0.6) is 0 Å². The first kappa shape index (κ1) is 19.7. The van der Waals surface area contributed by atoms with Crippen molar-refractivity contribution >= 4 is 57.3 Å². The number of hydrogen-bond donors (Lipinski definition) is 1. The van der Waals surface area contributed by atoms with E-state index in [1.165, 1.54) is 0 Å². The smallest absolute Gasteiger partial charge is 0.256 e. The number of rotatable bonds is 3. The number of hydrogen-bond acceptors (Lipinski definition) is 2. The average Bonchev–Trinajstić information content (AvgIpc) is 2.71. The summed E-state index contributed by atoms with van der Waals surface area (Å²) in [6.07, 6.45) is 0. The van der Waals surface area contributed by atoms with Crippen molar-refractivity contribution in [3.63, 3.8) is 0 Å². The van der Waals surface area contributed by atoms with Crippen LogP contribution < -0.4 is 5.32 Å². The molecule has 0 aliphatic heterocycles. The van der Waals surface area contributed by atoms with Gasteiger partial charge in [0.15, 0.2) is 0 Å². The van der Waals surface area contributed by atoms with E-state index in [9.17, 15) is 4.79 Å². The van der Waals surface area contributed by atoms with Crippen LogP contribution in [0, 0.1) is 6.92 Å². The van der Waals surface area contributed by atoms with Gasteiger partial charge in [-0.3, -0.25) is 4.79 Å². The summed E-state index contributed by atoms with van der Waals surface area (Å²) in [5, 5.41) is 5.19. The van der Waals surface area contributed by atoms with Gasteiger partial charge in [0.1, 0.15) is 0 Å². The van der Waals surface area contributed by atoms with E-state index in [1.54, 1.807) is 30.3 Å². The van der Waals surface area contributed by atoms with Gasteiger partial charge in [0.2, 0.25) is 0 Å². The number of pyridine rings is 1. The molecule has 0 aliphatic rings. The molecule has 0 atom stereocenters. The molecule has 0 unspecified atom stereocenters. The number of carbonyl (C=O) groups excluding carboxylic acids is 1. The number of halogens is 3. The quantitative estimate of drug-likeness (QED) is 0.359. The van der Waals surface area contributed by atoms with E-state index in [4.69, 9.17) is 39.8 Å². The van der Waals surface area contributed by atoms with Gasteiger partial charge in [0, 0.05) is 21.0 Å². The summed E-state index contributed by atoms with van der Waals surface area (Å²) in [5.74, 6) is -0.277. The topological polar surface area (TPSA) is 42.0 Å². The third kappa shape index (κ3) is 3.95. The molecular formula is C23H15Cl3N2O. The molecular weight excluding hydrogens is 427 g/mol. The lowest BCUT2D eigenvalue weighted by atomic mass is 9.97. The molecule has 0 spiro atoms. The average molecular weight is 442 g/mol. The van der Waals surface area contributed by atoms with Crippen LogP contribution in [0.4, 0.5) is 5.69 Å². The summed E-state index contributed by atoms with van der Waals surface area (Å²) in [7, 11) is 0. The third-order valence-corrected chi connectivity index (χ3v) is 5.47. The van der Waals surface area contributed by atoms with Crippen LogP contribution in [0.1, 0.15) is 15.9 Å². The minimum absolute atomic E-state index is 0.277. The van der Waals surface area contributed by atoms with Gasteiger partial charge in [0.05, 0.1) is 27.5 Å². The van der Waals surface area contributed by atoms with Crippen molar-refractivity contribution in [2.75, 3.05) is 5.32 Å². The Hall–Kier alpha value is -2.59. The minimum atomic E-state index is -0.277. The SMILES string of the molecule is Cc1c(-c2ccc(Cl)cc2)nc2ccccc2c1C(=O)Nc1cc(Cl)ccc1Cl. The summed E-state index contributed by atoms with van der Waals surface area (Å²) < 4.78 is 0. The van der Waals surface area contributed by atoms with Crippen LogP contribution in [-0.4, -0.2) is 10.9 Å². The van der Waals surface area contributed by atoms with Crippen LogP contribution in [0.15, 0.2) is 66.7 Å². The largest absolute Gasteiger partial charge is 0.321 e. The molecule has 4 aromatic rings. The van der Waals surface area contributed by atoms with Crippen molar-refractivity contribution in [3.05, 3.63) is 92.9 Å². The molecule has 4 rings (SSSR count). The monoisotopic (exact) mass is 440 g/mol. The number of nitrogens with zero attached hydrogens (tertiary/aromatic N) is 1. The molecule has 29 heavy (non-hydrogen) atoms. The molecule has 0 saturated heterocycles. The second-order valence-electron chi connectivity index (χ2n) is 6.56. The Morgan fingerprint density at radius 3 is 2.34 bits per heavy atom. The fourth-order valence-corrected chi connectivity index (χ4v) is 3.73. The fourth-order valence-electron chi connectivity index (χ4n) is 3.27. The number of amides is 1. The maximum absolute atomic E-state index is 13.3. The molecule has 1 heterocycles. The van der Waals surface area contributed by atoms with Gasteiger partial charge in [-0.25, -0.2) is 4.98 Å². The van der Waals surface area contributed by atoms with E-state index in [0.717, 1.165) is 27.7 Å². The van der Waals surface area contributed by atoms with Crippen molar-refractivity contribution in [2.24, 2.45) is 0 Å². The number of nitrogens with one attached hydrogen (secondary N) is 1. The Morgan fingerprint density at radius 1 is 0.897 bits per heavy atom. The van der Waals surface area contributed by atoms with Crippen molar-refractivity contribution in [3.8, 4) is 11.3 Å². The molecule has 3 nitrogen and oxygen atoms in total. The van der Waals surface area contributed by atoms with Gasteiger partial charge in [-0.1, -0.05) is 65.1 Å². The highest BCUT2D eigenvalue weighted by molar-refractivity contribution is 6.36. The Labute approximate surface area is 183 Å². The van der Waals surface area contributed by atoms with Gasteiger partial charge in [-0.15, -0.1) is 0 Å². The molecule has 1 N–H and O–H groups in total. The normalized spacial score (nSPS) is 10.9. The molecule has 0 fully saturated rings. The van der Waals surface area contributed by atoms with Crippen LogP contribution in [0.25, 0.3) is 22.2 Å². The van der Waals surface area contributed by atoms with Crippen molar-refractivity contribution in [1.82, 2.24) is 4.98 Å². The first-order valence-corrected chi connectivity index (χ1v) is 9.99. The Morgan fingerprint density at radius 2 is 1.59 bits per heavy atom. The number of para-hydroxylation sites is 1. The summed E-state index contributed by atoms with van der Waals surface area (Å²) in [4.78, 5) is 18.1. The van der Waals surface area contributed by atoms with Crippen molar-refractivity contribution in [2.45, 2.75) is 6.92 Å². The highest BCUT2D eigenvalue weighted by Gasteiger charge is 2.19. The second kappa shape index (κ2) is 8.03.